The van der Waals surface area contributed by atoms with Gasteiger partial charge in [-0.05, 0) is 29.3 Å². The number of hydrogen-bond acceptors (Lipinski definition) is 2. The predicted molar refractivity (Wildman–Crippen MR) is 93.3 cm³/mol. The molecule has 2 aromatic carbocycles. The lowest BCUT2D eigenvalue weighted by atomic mass is 10.1. The van der Waals surface area contributed by atoms with Gasteiger partial charge in [-0.15, -0.1) is 0 Å². The van der Waals surface area contributed by atoms with Crippen LogP contribution in [0.25, 0.3) is 6.08 Å². The summed E-state index contributed by atoms with van der Waals surface area (Å²) in [6.07, 6.45) is -1.53. The van der Waals surface area contributed by atoms with Gasteiger partial charge in [0.1, 0.15) is 6.54 Å². The number of anilines is 1. The summed E-state index contributed by atoms with van der Waals surface area (Å²) < 4.78 is 36.1. The van der Waals surface area contributed by atoms with E-state index in [0.717, 1.165) is 5.56 Å². The van der Waals surface area contributed by atoms with Crippen LogP contribution in [0.2, 0.25) is 0 Å². The first kappa shape index (κ1) is 19.2. The molecule has 4 nitrogen and oxygen atoms in total. The minimum atomic E-state index is -4.43. The molecular weight excluding hydrogens is 345 g/mol. The van der Waals surface area contributed by atoms with Crippen LogP contribution in [0, 0.1) is 0 Å². The van der Waals surface area contributed by atoms with E-state index in [4.69, 9.17) is 0 Å². The van der Waals surface area contributed by atoms with E-state index in [-0.39, 0.29) is 12.3 Å². The maximum atomic E-state index is 12.0. The molecule has 0 spiro atoms. The Morgan fingerprint density at radius 2 is 1.62 bits per heavy atom. The van der Waals surface area contributed by atoms with Crippen LogP contribution in [0.3, 0.4) is 0 Å². The average Bonchev–Trinajstić information content (AvgIpc) is 2.60. The van der Waals surface area contributed by atoms with E-state index in [2.05, 4.69) is 5.32 Å². The topological polar surface area (TPSA) is 58.2 Å². The van der Waals surface area contributed by atoms with Gasteiger partial charge in [0, 0.05) is 11.8 Å². The molecule has 0 unspecified atom stereocenters. The summed E-state index contributed by atoms with van der Waals surface area (Å²) in [5, 5.41) is 4.47. The highest BCUT2D eigenvalue weighted by Gasteiger charge is 2.27. The van der Waals surface area contributed by atoms with Gasteiger partial charge in [-0.25, -0.2) is 0 Å². The Balaban J connectivity index is 1.84. The monoisotopic (exact) mass is 362 g/mol. The van der Waals surface area contributed by atoms with Crippen molar-refractivity contribution in [3.63, 3.8) is 0 Å². The van der Waals surface area contributed by atoms with Gasteiger partial charge in [-0.2, -0.15) is 13.2 Å². The predicted octanol–water partition coefficient (Wildman–Crippen LogP) is 3.56. The summed E-state index contributed by atoms with van der Waals surface area (Å²) in [5.41, 5.74) is 1.96. The van der Waals surface area contributed by atoms with Crippen molar-refractivity contribution in [2.75, 3.05) is 11.9 Å². The Bertz CT molecular complexity index is 770. The number of alkyl halides is 3. The second-order valence-corrected chi connectivity index (χ2v) is 5.50. The highest BCUT2D eigenvalue weighted by molar-refractivity contribution is 6.01. The number of carbonyl (C=O) groups excluding carboxylic acids is 2. The summed E-state index contributed by atoms with van der Waals surface area (Å²) in [6, 6.07) is 15.6. The molecule has 26 heavy (non-hydrogen) atoms. The Kier molecular flexibility index (Phi) is 6.54. The van der Waals surface area contributed by atoms with Crippen molar-refractivity contribution in [2.24, 2.45) is 0 Å². The van der Waals surface area contributed by atoms with Crippen molar-refractivity contribution in [1.29, 1.82) is 0 Å². The van der Waals surface area contributed by atoms with E-state index in [9.17, 15) is 22.8 Å². The third kappa shape index (κ3) is 7.21. The maximum absolute atomic E-state index is 12.0. The summed E-state index contributed by atoms with van der Waals surface area (Å²) >= 11 is 0. The van der Waals surface area contributed by atoms with Crippen LogP contribution in [0.4, 0.5) is 18.9 Å². The molecule has 0 radical (unpaired) electrons. The van der Waals surface area contributed by atoms with Crippen molar-refractivity contribution in [3.8, 4) is 0 Å². The summed E-state index contributed by atoms with van der Waals surface area (Å²) in [6.45, 7) is -1.35. The number of nitrogens with one attached hydrogen (secondary N) is 2. The van der Waals surface area contributed by atoms with Crippen molar-refractivity contribution < 1.29 is 22.8 Å². The zero-order valence-electron chi connectivity index (χ0n) is 13.7. The van der Waals surface area contributed by atoms with Gasteiger partial charge in [0.25, 0.3) is 0 Å². The van der Waals surface area contributed by atoms with Crippen LogP contribution < -0.4 is 10.6 Å². The van der Waals surface area contributed by atoms with E-state index in [1.54, 1.807) is 30.3 Å². The molecule has 0 aliphatic carbocycles. The van der Waals surface area contributed by atoms with Crippen molar-refractivity contribution in [3.05, 3.63) is 71.8 Å². The SMILES string of the molecule is O=C(/C=C/c1ccccc1)Nc1ccc(CC(=O)NCC(F)(F)F)cc1. The molecule has 2 N–H and O–H groups in total. The smallest absolute Gasteiger partial charge is 0.347 e. The van der Waals surface area contributed by atoms with Crippen molar-refractivity contribution in [1.82, 2.24) is 5.32 Å². The Hall–Kier alpha value is -3.09. The number of halogens is 3. The van der Waals surface area contributed by atoms with Gasteiger partial charge >= 0.3 is 6.18 Å². The molecular formula is C19H17F3N2O2. The lowest BCUT2D eigenvalue weighted by Gasteiger charge is -2.08. The molecule has 0 atom stereocenters. The van der Waals surface area contributed by atoms with Crippen LogP contribution in [0.5, 0.6) is 0 Å². The normalized spacial score (nSPS) is 11.3. The number of benzene rings is 2. The molecule has 7 heteroatoms. The van der Waals surface area contributed by atoms with Gasteiger partial charge in [-0.1, -0.05) is 42.5 Å². The zero-order chi connectivity index (χ0) is 19.0. The van der Waals surface area contributed by atoms with Gasteiger partial charge in [-0.3, -0.25) is 9.59 Å². The fourth-order valence-corrected chi connectivity index (χ4v) is 2.07. The van der Waals surface area contributed by atoms with E-state index in [1.807, 2.05) is 35.6 Å². The first-order valence-electron chi connectivity index (χ1n) is 7.78. The third-order valence-corrected chi connectivity index (χ3v) is 3.30. The van der Waals surface area contributed by atoms with Gasteiger partial charge in [0.2, 0.25) is 11.8 Å². The number of rotatable bonds is 6. The second-order valence-electron chi connectivity index (χ2n) is 5.50. The molecule has 2 aromatic rings. The zero-order valence-corrected chi connectivity index (χ0v) is 13.7. The molecule has 0 bridgehead atoms. The van der Waals surface area contributed by atoms with Crippen LogP contribution in [-0.2, 0) is 16.0 Å². The van der Waals surface area contributed by atoms with Crippen LogP contribution >= 0.6 is 0 Å². The van der Waals surface area contributed by atoms with E-state index in [1.165, 1.54) is 6.08 Å². The molecule has 0 aromatic heterocycles. The van der Waals surface area contributed by atoms with Crippen LogP contribution in [0.15, 0.2) is 60.7 Å². The fraction of sp³-hybridized carbons (Fsp3) is 0.158. The molecule has 136 valence electrons. The molecule has 0 aliphatic heterocycles. The second kappa shape index (κ2) is 8.84. The van der Waals surface area contributed by atoms with Gasteiger partial charge in [0.15, 0.2) is 0 Å². The molecule has 2 amide bonds. The third-order valence-electron chi connectivity index (χ3n) is 3.30. The summed E-state index contributed by atoms with van der Waals surface area (Å²) in [5.74, 6) is -1.03. The molecule has 0 heterocycles. The van der Waals surface area contributed by atoms with E-state index < -0.39 is 18.6 Å². The van der Waals surface area contributed by atoms with E-state index >= 15 is 0 Å². The fourth-order valence-electron chi connectivity index (χ4n) is 2.07. The maximum Gasteiger partial charge on any atom is 0.405 e. The highest BCUT2D eigenvalue weighted by Crippen LogP contribution is 2.13. The average molecular weight is 362 g/mol. The Labute approximate surface area is 148 Å². The van der Waals surface area contributed by atoms with Crippen LogP contribution in [-0.4, -0.2) is 24.5 Å². The summed E-state index contributed by atoms with van der Waals surface area (Å²) in [4.78, 5) is 23.3. The lowest BCUT2D eigenvalue weighted by molar-refractivity contribution is -0.138. The number of amides is 2. The quantitative estimate of drug-likeness (QED) is 0.772. The van der Waals surface area contributed by atoms with Crippen molar-refractivity contribution >= 4 is 23.6 Å². The van der Waals surface area contributed by atoms with E-state index in [0.29, 0.717) is 11.3 Å². The minimum Gasteiger partial charge on any atom is -0.347 e. The largest absolute Gasteiger partial charge is 0.405 e. The van der Waals surface area contributed by atoms with Gasteiger partial charge in [0.05, 0.1) is 6.42 Å². The lowest BCUT2D eigenvalue weighted by Crippen LogP contribution is -2.34. The van der Waals surface area contributed by atoms with Crippen molar-refractivity contribution in [2.45, 2.75) is 12.6 Å². The first-order chi connectivity index (χ1) is 12.3. The Morgan fingerprint density at radius 1 is 0.962 bits per heavy atom. The minimum absolute atomic E-state index is 0.168. The molecule has 0 aliphatic rings. The van der Waals surface area contributed by atoms with Gasteiger partial charge < -0.3 is 10.6 Å². The van der Waals surface area contributed by atoms with Crippen LogP contribution in [0.1, 0.15) is 11.1 Å². The summed E-state index contributed by atoms with van der Waals surface area (Å²) in [7, 11) is 0. The standard InChI is InChI=1S/C19H17F3N2O2/c20-19(21,22)13-23-18(26)12-15-6-9-16(10-7-15)24-17(25)11-8-14-4-2-1-3-5-14/h1-11H,12-13H2,(H,23,26)(H,24,25)/b11-8+. The first-order valence-corrected chi connectivity index (χ1v) is 7.78. The molecule has 0 saturated carbocycles. The molecule has 0 saturated heterocycles. The molecule has 2 rings (SSSR count). The highest BCUT2D eigenvalue weighted by atomic mass is 19.4. The molecule has 0 fully saturated rings. The number of carbonyl (C=O) groups is 2. The Morgan fingerprint density at radius 3 is 2.23 bits per heavy atom. The number of hydrogen-bond donors (Lipinski definition) is 2.